The van der Waals surface area contributed by atoms with Crippen molar-refractivity contribution in [3.05, 3.63) is 0 Å². The third kappa shape index (κ3) is 5.23. The summed E-state index contributed by atoms with van der Waals surface area (Å²) >= 11 is 0. The Morgan fingerprint density at radius 1 is 1.62 bits per heavy atom. The molecule has 0 spiro atoms. The van der Waals surface area contributed by atoms with Crippen molar-refractivity contribution >= 4 is 6.34 Å². The molecule has 4 heteroatoms. The van der Waals surface area contributed by atoms with Gasteiger partial charge in [0, 0.05) is 0 Å². The lowest BCUT2D eigenvalue weighted by molar-refractivity contribution is 0.416. The van der Waals surface area contributed by atoms with E-state index in [2.05, 4.69) is 10.2 Å². The van der Waals surface area contributed by atoms with E-state index in [-0.39, 0.29) is 0 Å². The van der Waals surface area contributed by atoms with E-state index in [1.807, 2.05) is 19.0 Å². The summed E-state index contributed by atoms with van der Waals surface area (Å²) in [4.78, 5) is 1.87. The zero-order valence-electron chi connectivity index (χ0n) is 5.13. The fourth-order valence-electron chi connectivity index (χ4n) is 0.204. The molecule has 46 valence electrons. The first-order chi connectivity index (χ1) is 3.77. The van der Waals surface area contributed by atoms with Gasteiger partial charge in [-0.3, -0.25) is 10.3 Å². The maximum atomic E-state index is 6.44. The molecule has 0 aromatic heterocycles. The number of rotatable bonds is 3. The maximum absolute atomic E-state index is 6.44. The van der Waals surface area contributed by atoms with Gasteiger partial charge < -0.3 is 0 Å². The molecule has 1 N–H and O–H groups in total. The van der Waals surface area contributed by atoms with Crippen LogP contribution in [0.3, 0.4) is 0 Å². The molecule has 0 aromatic rings. The molecule has 0 aliphatic carbocycles. The van der Waals surface area contributed by atoms with Crippen molar-refractivity contribution < 1.29 is 0 Å². The molecule has 0 fully saturated rings. The van der Waals surface area contributed by atoms with Crippen LogP contribution in [0.5, 0.6) is 0 Å². The minimum absolute atomic E-state index is 0.551. The Kier molecular flexibility index (Phi) is 3.97. The third-order valence-corrected chi connectivity index (χ3v) is 0.485. The van der Waals surface area contributed by atoms with Gasteiger partial charge in [-0.1, -0.05) is 0 Å². The third-order valence-electron chi connectivity index (χ3n) is 0.485. The number of azo groups is 1. The number of hydrogen-bond donors (Lipinski definition) is 1. The van der Waals surface area contributed by atoms with Crippen LogP contribution in [-0.4, -0.2) is 32.0 Å². The Bertz CT molecular complexity index is 86.0. The van der Waals surface area contributed by atoms with E-state index in [1.165, 1.54) is 0 Å². The van der Waals surface area contributed by atoms with Gasteiger partial charge in [-0.25, -0.2) is 0 Å². The van der Waals surface area contributed by atoms with E-state index in [0.717, 1.165) is 6.34 Å². The van der Waals surface area contributed by atoms with E-state index < -0.39 is 0 Å². The Morgan fingerprint density at radius 3 is 2.62 bits per heavy atom. The molecule has 0 aliphatic heterocycles. The monoisotopic (exact) mass is 114 g/mol. The maximum Gasteiger partial charge on any atom is 0.129 e. The summed E-state index contributed by atoms with van der Waals surface area (Å²) in [5.41, 5.74) is 0. The van der Waals surface area contributed by atoms with Gasteiger partial charge in [0.05, 0.1) is 0 Å². The molecular weight excluding hydrogens is 104 g/mol. The number of nitrogens with one attached hydrogen (secondary N) is 1. The molecule has 0 aliphatic rings. The predicted octanol–water partition coefficient (Wildman–Crippen LogP) is 0.565. The van der Waals surface area contributed by atoms with Crippen molar-refractivity contribution in [2.45, 2.75) is 0 Å². The highest BCUT2D eigenvalue weighted by Crippen LogP contribution is 1.74. The van der Waals surface area contributed by atoms with Crippen LogP contribution in [-0.2, 0) is 0 Å². The molecule has 0 atom stereocenters. The van der Waals surface area contributed by atoms with Crippen molar-refractivity contribution in [1.29, 1.82) is 5.41 Å². The topological polar surface area (TPSA) is 51.8 Å². The lowest BCUT2D eigenvalue weighted by atomic mass is 10.9. The molecule has 0 aromatic carbocycles. The second-order valence-corrected chi connectivity index (χ2v) is 1.61. The van der Waals surface area contributed by atoms with Gasteiger partial charge in [-0.05, 0) is 14.1 Å². The highest BCUT2D eigenvalue weighted by molar-refractivity contribution is 5.49. The van der Waals surface area contributed by atoms with Crippen LogP contribution in [0, 0.1) is 5.41 Å². The summed E-state index contributed by atoms with van der Waals surface area (Å²) in [6, 6.07) is 0. The molecule has 0 rings (SSSR count). The average Bonchev–Trinajstić information content (AvgIpc) is 1.66. The van der Waals surface area contributed by atoms with Gasteiger partial charge in [0.25, 0.3) is 0 Å². The van der Waals surface area contributed by atoms with Gasteiger partial charge in [0.1, 0.15) is 13.0 Å². The fourth-order valence-corrected chi connectivity index (χ4v) is 0.204. The van der Waals surface area contributed by atoms with Gasteiger partial charge in [-0.2, -0.15) is 5.11 Å². The smallest absolute Gasteiger partial charge is 0.129 e. The zero-order valence-corrected chi connectivity index (χ0v) is 5.13. The minimum atomic E-state index is 0.551. The van der Waals surface area contributed by atoms with E-state index in [1.54, 1.807) is 0 Å². The summed E-state index contributed by atoms with van der Waals surface area (Å²) in [5, 5.41) is 13.4. The lowest BCUT2D eigenvalue weighted by Crippen LogP contribution is -2.10. The van der Waals surface area contributed by atoms with Crippen molar-refractivity contribution in [1.82, 2.24) is 4.90 Å². The van der Waals surface area contributed by atoms with Crippen LogP contribution in [0.15, 0.2) is 10.2 Å². The highest BCUT2D eigenvalue weighted by Gasteiger charge is 1.79. The van der Waals surface area contributed by atoms with Crippen molar-refractivity contribution in [2.75, 3.05) is 20.8 Å². The molecule has 4 nitrogen and oxygen atoms in total. The molecule has 0 unspecified atom stereocenters. The fraction of sp³-hybridized carbons (Fsp3) is 0.750. The summed E-state index contributed by atoms with van der Waals surface area (Å²) in [5.74, 6) is 0. The van der Waals surface area contributed by atoms with Crippen LogP contribution in [0.4, 0.5) is 0 Å². The quantitative estimate of drug-likeness (QED) is 0.325. The van der Waals surface area contributed by atoms with Crippen molar-refractivity contribution in [2.24, 2.45) is 10.2 Å². The first-order valence-corrected chi connectivity index (χ1v) is 2.27. The normalized spacial score (nSPS) is 10.9. The lowest BCUT2D eigenvalue weighted by Gasteiger charge is -2.00. The highest BCUT2D eigenvalue weighted by atomic mass is 15.2. The van der Waals surface area contributed by atoms with Crippen LogP contribution >= 0.6 is 0 Å². The Balaban J connectivity index is 3.15. The molecule has 0 bridgehead atoms. The Morgan fingerprint density at radius 2 is 2.25 bits per heavy atom. The minimum Gasteiger partial charge on any atom is -0.289 e. The number of nitrogens with zero attached hydrogens (tertiary/aromatic N) is 3. The SMILES string of the molecule is CN(C)CN=NC=N. The molecule has 0 radical (unpaired) electrons. The van der Waals surface area contributed by atoms with Crippen molar-refractivity contribution in [3.63, 3.8) is 0 Å². The molecule has 0 amide bonds. The van der Waals surface area contributed by atoms with Crippen LogP contribution in [0.25, 0.3) is 0 Å². The van der Waals surface area contributed by atoms with Gasteiger partial charge in [-0.15, -0.1) is 5.11 Å². The molecule has 0 saturated carbocycles. The second-order valence-electron chi connectivity index (χ2n) is 1.61. The standard InChI is InChI=1S/C4H10N4/c1-8(2)4-7-6-3-5/h3,5H,4H2,1-2H3. The van der Waals surface area contributed by atoms with E-state index >= 15 is 0 Å². The number of hydrogen-bond acceptors (Lipinski definition) is 3. The van der Waals surface area contributed by atoms with Crippen LogP contribution in [0.1, 0.15) is 0 Å². The molecule has 8 heavy (non-hydrogen) atoms. The van der Waals surface area contributed by atoms with Gasteiger partial charge >= 0.3 is 0 Å². The first kappa shape index (κ1) is 7.23. The second kappa shape index (κ2) is 4.39. The first-order valence-electron chi connectivity index (χ1n) is 2.27. The predicted molar refractivity (Wildman–Crippen MR) is 32.2 cm³/mol. The average molecular weight is 114 g/mol. The molecule has 0 saturated heterocycles. The van der Waals surface area contributed by atoms with E-state index in [9.17, 15) is 0 Å². The van der Waals surface area contributed by atoms with Gasteiger partial charge in [0.15, 0.2) is 0 Å². The zero-order chi connectivity index (χ0) is 6.41. The summed E-state index contributed by atoms with van der Waals surface area (Å²) in [6.07, 6.45) is 0.920. The van der Waals surface area contributed by atoms with E-state index in [4.69, 9.17) is 5.41 Å². The van der Waals surface area contributed by atoms with Crippen LogP contribution < -0.4 is 0 Å². The van der Waals surface area contributed by atoms with Crippen molar-refractivity contribution in [3.8, 4) is 0 Å². The largest absolute Gasteiger partial charge is 0.289 e. The summed E-state index contributed by atoms with van der Waals surface area (Å²) in [6.45, 7) is 0.551. The molecular formula is C4H10N4. The van der Waals surface area contributed by atoms with Gasteiger partial charge in [0.2, 0.25) is 0 Å². The summed E-state index contributed by atoms with van der Waals surface area (Å²) < 4.78 is 0. The summed E-state index contributed by atoms with van der Waals surface area (Å²) in [7, 11) is 3.78. The van der Waals surface area contributed by atoms with Crippen LogP contribution in [0.2, 0.25) is 0 Å². The Hall–Kier alpha value is -0.770. The molecule has 0 heterocycles. The van der Waals surface area contributed by atoms with E-state index in [0.29, 0.717) is 6.67 Å². The Labute approximate surface area is 48.7 Å².